The first kappa shape index (κ1) is 18.5. The van der Waals surface area contributed by atoms with Crippen LogP contribution in [0.25, 0.3) is 0 Å². The van der Waals surface area contributed by atoms with Crippen LogP contribution in [0.3, 0.4) is 0 Å². The van der Waals surface area contributed by atoms with Gasteiger partial charge in [0, 0.05) is 30.4 Å². The van der Waals surface area contributed by atoms with Crippen LogP contribution in [0, 0.1) is 11.8 Å². The summed E-state index contributed by atoms with van der Waals surface area (Å²) in [6.45, 7) is 5.20. The van der Waals surface area contributed by atoms with E-state index in [4.69, 9.17) is 0 Å². The van der Waals surface area contributed by atoms with Gasteiger partial charge < -0.3 is 20.9 Å². The number of hydrogen-bond acceptors (Lipinski definition) is 3. The molecule has 6 nitrogen and oxygen atoms in total. The van der Waals surface area contributed by atoms with Crippen molar-refractivity contribution in [2.24, 2.45) is 11.8 Å². The second-order valence-electron chi connectivity index (χ2n) is 7.61. The van der Waals surface area contributed by atoms with Gasteiger partial charge in [-0.05, 0) is 54.8 Å². The molecule has 1 fully saturated rings. The second kappa shape index (κ2) is 8.02. The zero-order chi connectivity index (χ0) is 19.5. The third-order valence-electron chi connectivity index (χ3n) is 5.77. The predicted octanol–water partition coefficient (Wildman–Crippen LogP) is 3.07. The van der Waals surface area contributed by atoms with Crippen LogP contribution in [0.1, 0.15) is 18.1 Å². The van der Waals surface area contributed by atoms with Crippen molar-refractivity contribution in [1.82, 2.24) is 10.2 Å². The molecule has 3 N–H and O–H groups in total. The van der Waals surface area contributed by atoms with Gasteiger partial charge in [0.2, 0.25) is 5.91 Å². The first-order valence-corrected chi connectivity index (χ1v) is 9.85. The highest BCUT2D eigenvalue weighted by Crippen LogP contribution is 2.28. The fourth-order valence-corrected chi connectivity index (χ4v) is 3.87. The molecule has 0 spiro atoms. The lowest BCUT2D eigenvalue weighted by atomic mass is 9.87. The molecule has 0 radical (unpaired) electrons. The molecular weight excluding hydrogens is 352 g/mol. The summed E-state index contributed by atoms with van der Waals surface area (Å²) < 4.78 is 0. The number of carbonyl (C=O) groups excluding carboxylic acids is 2. The Balaban J connectivity index is 1.42. The molecule has 0 aromatic heterocycles. The van der Waals surface area contributed by atoms with Gasteiger partial charge in [0.05, 0.1) is 0 Å². The van der Waals surface area contributed by atoms with Crippen LogP contribution < -0.4 is 16.0 Å². The van der Waals surface area contributed by atoms with Crippen LogP contribution in [0.2, 0.25) is 0 Å². The zero-order valence-electron chi connectivity index (χ0n) is 16.1. The van der Waals surface area contributed by atoms with Gasteiger partial charge in [-0.3, -0.25) is 4.79 Å². The number of urea groups is 1. The summed E-state index contributed by atoms with van der Waals surface area (Å²) >= 11 is 0. The van der Waals surface area contributed by atoms with Crippen molar-refractivity contribution in [3.05, 3.63) is 59.7 Å². The molecule has 1 unspecified atom stereocenters. The number of benzene rings is 2. The van der Waals surface area contributed by atoms with E-state index >= 15 is 0 Å². The van der Waals surface area contributed by atoms with Crippen molar-refractivity contribution in [2.75, 3.05) is 30.3 Å². The largest absolute Gasteiger partial charge is 0.338 e. The molecule has 2 heterocycles. The molecule has 3 amide bonds. The van der Waals surface area contributed by atoms with Gasteiger partial charge in [-0.15, -0.1) is 0 Å². The number of para-hydroxylation sites is 1. The van der Waals surface area contributed by atoms with Gasteiger partial charge in [-0.1, -0.05) is 37.3 Å². The molecule has 2 aromatic rings. The van der Waals surface area contributed by atoms with E-state index in [0.29, 0.717) is 19.0 Å². The number of rotatable bonds is 4. The quantitative estimate of drug-likeness (QED) is 0.766. The molecule has 4 rings (SSSR count). The van der Waals surface area contributed by atoms with Crippen LogP contribution >= 0.6 is 0 Å². The monoisotopic (exact) mass is 378 g/mol. The van der Waals surface area contributed by atoms with Gasteiger partial charge >= 0.3 is 6.03 Å². The summed E-state index contributed by atoms with van der Waals surface area (Å²) in [5.41, 5.74) is 3.79. The van der Waals surface area contributed by atoms with E-state index in [9.17, 15) is 9.59 Å². The molecule has 2 aliphatic rings. The maximum absolute atomic E-state index is 12.8. The van der Waals surface area contributed by atoms with Crippen LogP contribution in [0.4, 0.5) is 16.2 Å². The Morgan fingerprint density at radius 1 is 1.07 bits per heavy atom. The van der Waals surface area contributed by atoms with Crippen molar-refractivity contribution >= 4 is 23.3 Å². The summed E-state index contributed by atoms with van der Waals surface area (Å²) in [5, 5.41) is 9.05. The van der Waals surface area contributed by atoms with Gasteiger partial charge in [-0.25, -0.2) is 4.79 Å². The van der Waals surface area contributed by atoms with E-state index in [0.717, 1.165) is 42.0 Å². The number of fused-ring (bicyclic) bond motifs is 1. The average Bonchev–Trinajstić information content (AvgIpc) is 2.66. The molecular formula is C22H26N4O2. The fraction of sp³-hybridized carbons (Fsp3) is 0.364. The van der Waals surface area contributed by atoms with Gasteiger partial charge in [0.1, 0.15) is 0 Å². The predicted molar refractivity (Wildman–Crippen MR) is 110 cm³/mol. The Morgan fingerprint density at radius 2 is 1.86 bits per heavy atom. The molecule has 0 bridgehead atoms. The van der Waals surface area contributed by atoms with Gasteiger partial charge in [0.15, 0.2) is 0 Å². The first-order valence-electron chi connectivity index (χ1n) is 9.85. The maximum Gasteiger partial charge on any atom is 0.323 e. The molecule has 0 aliphatic carbocycles. The summed E-state index contributed by atoms with van der Waals surface area (Å²) in [7, 11) is 0. The third-order valence-corrected chi connectivity index (χ3v) is 5.77. The molecule has 1 atom stereocenters. The van der Waals surface area contributed by atoms with Gasteiger partial charge in [-0.2, -0.15) is 0 Å². The topological polar surface area (TPSA) is 73.5 Å². The molecule has 146 valence electrons. The number of anilines is 2. The van der Waals surface area contributed by atoms with Crippen LogP contribution in [0.15, 0.2) is 48.5 Å². The lowest BCUT2D eigenvalue weighted by molar-refractivity contribution is -0.138. The van der Waals surface area contributed by atoms with Gasteiger partial charge in [0.25, 0.3) is 0 Å². The minimum Gasteiger partial charge on any atom is -0.338 e. The Hall–Kier alpha value is -2.86. The maximum atomic E-state index is 12.8. The SMILES string of the molecule is CC(C(=O)N1CCc2c(cccc2NC(=O)Nc2ccccc2)C1)C1CNC1. The molecule has 2 aromatic carbocycles. The summed E-state index contributed by atoms with van der Waals surface area (Å²) in [5.74, 6) is 0.738. The minimum absolute atomic E-state index is 0.0563. The lowest BCUT2D eigenvalue weighted by Gasteiger charge is -2.37. The van der Waals surface area contributed by atoms with E-state index in [1.54, 1.807) is 0 Å². The van der Waals surface area contributed by atoms with Crippen LogP contribution in [-0.2, 0) is 17.8 Å². The van der Waals surface area contributed by atoms with Crippen LogP contribution in [0.5, 0.6) is 0 Å². The van der Waals surface area contributed by atoms with E-state index in [-0.39, 0.29) is 17.9 Å². The van der Waals surface area contributed by atoms with E-state index in [1.807, 2.05) is 60.4 Å². The summed E-state index contributed by atoms with van der Waals surface area (Å²) in [6.07, 6.45) is 0.749. The van der Waals surface area contributed by atoms with Crippen molar-refractivity contribution in [3.8, 4) is 0 Å². The van der Waals surface area contributed by atoms with Crippen LogP contribution in [-0.4, -0.2) is 36.5 Å². The number of carbonyl (C=O) groups is 2. The molecule has 2 aliphatic heterocycles. The number of nitrogens with one attached hydrogen (secondary N) is 3. The molecule has 6 heteroatoms. The smallest absolute Gasteiger partial charge is 0.323 e. The number of nitrogens with zero attached hydrogens (tertiary/aromatic N) is 1. The highest BCUT2D eigenvalue weighted by molar-refractivity contribution is 6.00. The molecule has 28 heavy (non-hydrogen) atoms. The average molecular weight is 378 g/mol. The van der Waals surface area contributed by atoms with E-state index < -0.39 is 0 Å². The third kappa shape index (κ3) is 3.87. The number of hydrogen-bond donors (Lipinski definition) is 3. The van der Waals surface area contributed by atoms with Crippen molar-refractivity contribution in [2.45, 2.75) is 19.9 Å². The summed E-state index contributed by atoms with van der Waals surface area (Å²) in [6, 6.07) is 15.0. The summed E-state index contributed by atoms with van der Waals surface area (Å²) in [4.78, 5) is 27.1. The number of amides is 3. The fourth-order valence-electron chi connectivity index (χ4n) is 3.87. The van der Waals surface area contributed by atoms with Crippen molar-refractivity contribution in [3.63, 3.8) is 0 Å². The minimum atomic E-state index is -0.260. The normalized spacial score (nSPS) is 17.2. The van der Waals surface area contributed by atoms with E-state index in [2.05, 4.69) is 16.0 Å². The highest BCUT2D eigenvalue weighted by atomic mass is 16.2. The standard InChI is InChI=1S/C22H26N4O2/c1-15(17-12-23-13-17)21(27)26-11-10-19-16(14-26)6-5-9-20(19)25-22(28)24-18-7-3-2-4-8-18/h2-9,15,17,23H,10-14H2,1H3,(H2,24,25,28). The Labute approximate surface area is 165 Å². The Bertz CT molecular complexity index is 864. The Morgan fingerprint density at radius 3 is 2.57 bits per heavy atom. The first-order chi connectivity index (χ1) is 13.6. The second-order valence-corrected chi connectivity index (χ2v) is 7.61. The van der Waals surface area contributed by atoms with E-state index in [1.165, 1.54) is 0 Å². The van der Waals surface area contributed by atoms with Crippen molar-refractivity contribution < 1.29 is 9.59 Å². The zero-order valence-corrected chi connectivity index (χ0v) is 16.1. The molecule has 1 saturated heterocycles. The lowest BCUT2D eigenvalue weighted by Crippen LogP contribution is -2.51. The Kier molecular flexibility index (Phi) is 5.30. The molecule has 0 saturated carbocycles. The highest BCUT2D eigenvalue weighted by Gasteiger charge is 2.33. The van der Waals surface area contributed by atoms with Crippen molar-refractivity contribution in [1.29, 1.82) is 0 Å².